The Morgan fingerprint density at radius 3 is 2.81 bits per heavy atom. The number of anilines is 1. The number of nitrogens with one attached hydrogen (secondary N) is 1. The lowest BCUT2D eigenvalue weighted by Crippen LogP contribution is -2.44. The summed E-state index contributed by atoms with van der Waals surface area (Å²) in [5, 5.41) is 12.4. The molecule has 1 unspecified atom stereocenters. The van der Waals surface area contributed by atoms with Gasteiger partial charge in [-0.05, 0) is 55.9 Å². The summed E-state index contributed by atoms with van der Waals surface area (Å²) in [6.07, 6.45) is 11.4. The number of pyridine rings is 1. The molecule has 0 aromatic carbocycles. The third kappa shape index (κ3) is 5.91. The molecular formula is C20H27ClFN3O2. The van der Waals surface area contributed by atoms with Crippen LogP contribution in [0.1, 0.15) is 50.5 Å². The molecule has 0 amide bonds. The second-order valence-electron chi connectivity index (χ2n) is 7.64. The number of carboxylic acids is 1. The van der Waals surface area contributed by atoms with Crippen LogP contribution in [-0.2, 0) is 4.79 Å². The zero-order chi connectivity index (χ0) is 19.2. The predicted octanol–water partition coefficient (Wildman–Crippen LogP) is 4.59. The number of aliphatic carboxylic acids is 1. The highest BCUT2D eigenvalue weighted by atomic mass is 35.5. The van der Waals surface area contributed by atoms with Crippen molar-refractivity contribution in [2.24, 2.45) is 5.92 Å². The second kappa shape index (κ2) is 9.51. The fourth-order valence-corrected chi connectivity index (χ4v) is 4.34. The summed E-state index contributed by atoms with van der Waals surface area (Å²) >= 11 is 6.27. The Morgan fingerprint density at radius 1 is 1.33 bits per heavy atom. The Balaban J connectivity index is 1.57. The number of carboxylic acid groups (broad SMARTS) is 1. The number of aromatic nitrogens is 1. The monoisotopic (exact) mass is 395 g/mol. The zero-order valence-corrected chi connectivity index (χ0v) is 16.2. The molecule has 2 fully saturated rings. The molecular weight excluding hydrogens is 369 g/mol. The van der Waals surface area contributed by atoms with Gasteiger partial charge in [0.05, 0.1) is 5.02 Å². The molecule has 0 radical (unpaired) electrons. The van der Waals surface area contributed by atoms with Crippen molar-refractivity contribution in [3.63, 3.8) is 0 Å². The molecule has 2 heterocycles. The van der Waals surface area contributed by atoms with E-state index in [2.05, 4.69) is 15.2 Å². The fourth-order valence-electron chi connectivity index (χ4n) is 4.11. The number of piperidine rings is 1. The van der Waals surface area contributed by atoms with Gasteiger partial charge in [-0.3, -0.25) is 0 Å². The number of halogens is 2. The Kier molecular flexibility index (Phi) is 7.07. The number of hydrogen-bond donors (Lipinski definition) is 2. The maximum atomic E-state index is 13.2. The van der Waals surface area contributed by atoms with E-state index in [1.54, 1.807) is 0 Å². The van der Waals surface area contributed by atoms with Crippen molar-refractivity contribution in [1.82, 2.24) is 9.88 Å². The Labute approximate surface area is 164 Å². The number of rotatable bonds is 6. The SMILES string of the molecule is O=C(O)/C(F)=C\c1cnc(NC2CCCN(CC3CCCCC3)C2)c(Cl)c1. The quantitative estimate of drug-likeness (QED) is 0.690. The molecule has 1 atom stereocenters. The number of hydrogen-bond acceptors (Lipinski definition) is 4. The van der Waals surface area contributed by atoms with Crippen LogP contribution >= 0.6 is 11.6 Å². The van der Waals surface area contributed by atoms with Crippen molar-refractivity contribution < 1.29 is 14.3 Å². The van der Waals surface area contributed by atoms with E-state index in [0.717, 1.165) is 37.9 Å². The molecule has 0 bridgehead atoms. The van der Waals surface area contributed by atoms with E-state index in [9.17, 15) is 9.18 Å². The molecule has 1 saturated carbocycles. The van der Waals surface area contributed by atoms with Crippen LogP contribution in [0.25, 0.3) is 6.08 Å². The van der Waals surface area contributed by atoms with Crippen molar-refractivity contribution in [3.05, 3.63) is 28.7 Å². The minimum atomic E-state index is -1.60. The van der Waals surface area contributed by atoms with Crippen molar-refractivity contribution in [1.29, 1.82) is 0 Å². The van der Waals surface area contributed by atoms with Crippen molar-refractivity contribution >= 4 is 29.5 Å². The first-order valence-electron chi connectivity index (χ1n) is 9.76. The average Bonchev–Trinajstić information content (AvgIpc) is 2.65. The van der Waals surface area contributed by atoms with E-state index in [1.165, 1.54) is 50.9 Å². The fraction of sp³-hybridized carbons (Fsp3) is 0.600. The van der Waals surface area contributed by atoms with E-state index in [0.29, 0.717) is 16.4 Å². The summed E-state index contributed by atoms with van der Waals surface area (Å²) in [4.78, 5) is 17.4. The van der Waals surface area contributed by atoms with E-state index < -0.39 is 11.8 Å². The number of nitrogens with zero attached hydrogens (tertiary/aromatic N) is 2. The summed E-state index contributed by atoms with van der Waals surface area (Å²) < 4.78 is 13.2. The van der Waals surface area contributed by atoms with Gasteiger partial charge in [0.25, 0.3) is 0 Å². The van der Waals surface area contributed by atoms with E-state index in [4.69, 9.17) is 16.7 Å². The van der Waals surface area contributed by atoms with E-state index >= 15 is 0 Å². The molecule has 0 spiro atoms. The van der Waals surface area contributed by atoms with Gasteiger partial charge in [-0.25, -0.2) is 9.78 Å². The van der Waals surface area contributed by atoms with Crippen LogP contribution in [-0.4, -0.2) is 46.6 Å². The summed E-state index contributed by atoms with van der Waals surface area (Å²) in [5.74, 6) is -1.45. The maximum Gasteiger partial charge on any atom is 0.364 e. The van der Waals surface area contributed by atoms with Gasteiger partial charge in [0.1, 0.15) is 5.82 Å². The van der Waals surface area contributed by atoms with Gasteiger partial charge in [-0.2, -0.15) is 4.39 Å². The lowest BCUT2D eigenvalue weighted by Gasteiger charge is -2.36. The molecule has 1 aromatic heterocycles. The molecule has 5 nitrogen and oxygen atoms in total. The molecule has 148 valence electrons. The van der Waals surface area contributed by atoms with Gasteiger partial charge < -0.3 is 15.3 Å². The lowest BCUT2D eigenvalue weighted by atomic mass is 9.88. The predicted molar refractivity (Wildman–Crippen MR) is 106 cm³/mol. The molecule has 27 heavy (non-hydrogen) atoms. The molecule has 2 aliphatic rings. The van der Waals surface area contributed by atoms with Gasteiger partial charge in [-0.15, -0.1) is 0 Å². The highest BCUT2D eigenvalue weighted by Crippen LogP contribution is 2.27. The largest absolute Gasteiger partial charge is 0.476 e. The third-order valence-electron chi connectivity index (χ3n) is 5.45. The average molecular weight is 396 g/mol. The molecule has 1 aliphatic carbocycles. The second-order valence-corrected chi connectivity index (χ2v) is 8.05. The molecule has 2 N–H and O–H groups in total. The van der Waals surface area contributed by atoms with Gasteiger partial charge in [0.2, 0.25) is 5.83 Å². The van der Waals surface area contributed by atoms with Crippen molar-refractivity contribution in [2.45, 2.75) is 51.0 Å². The Bertz CT molecular complexity index is 692. The summed E-state index contributed by atoms with van der Waals surface area (Å²) in [5.41, 5.74) is 0.327. The highest BCUT2D eigenvalue weighted by molar-refractivity contribution is 6.33. The van der Waals surface area contributed by atoms with E-state index in [1.807, 2.05) is 0 Å². The van der Waals surface area contributed by atoms with Gasteiger partial charge in [0, 0.05) is 25.3 Å². The summed E-state index contributed by atoms with van der Waals surface area (Å²) in [6.45, 7) is 3.30. The first kappa shape index (κ1) is 20.1. The van der Waals surface area contributed by atoms with Crippen molar-refractivity contribution in [3.8, 4) is 0 Å². The first-order valence-corrected chi connectivity index (χ1v) is 10.1. The molecule has 7 heteroatoms. The minimum Gasteiger partial charge on any atom is -0.476 e. The van der Waals surface area contributed by atoms with E-state index in [-0.39, 0.29) is 6.04 Å². The van der Waals surface area contributed by atoms with Crippen LogP contribution in [0, 0.1) is 5.92 Å². The third-order valence-corrected chi connectivity index (χ3v) is 5.74. The molecule has 1 aromatic rings. The maximum absolute atomic E-state index is 13.2. The lowest BCUT2D eigenvalue weighted by molar-refractivity contribution is -0.134. The standard InChI is InChI=1S/C20H27ClFN3O2/c21-17-9-15(10-18(22)20(26)27)11-23-19(17)24-16-7-4-8-25(13-16)12-14-5-2-1-3-6-14/h9-11,14,16H,1-8,12-13H2,(H,23,24)(H,26,27)/b18-10+. The molecule has 1 aliphatic heterocycles. The summed E-state index contributed by atoms with van der Waals surface area (Å²) in [6, 6.07) is 1.81. The van der Waals surface area contributed by atoms with Crippen molar-refractivity contribution in [2.75, 3.05) is 25.0 Å². The van der Waals surface area contributed by atoms with Crippen LogP contribution in [0.3, 0.4) is 0 Å². The number of carbonyl (C=O) groups is 1. The summed E-state index contributed by atoms with van der Waals surface area (Å²) in [7, 11) is 0. The van der Waals surface area contributed by atoms with Gasteiger partial charge >= 0.3 is 5.97 Å². The van der Waals surface area contributed by atoms with Crippen LogP contribution in [0.15, 0.2) is 18.1 Å². The zero-order valence-electron chi connectivity index (χ0n) is 15.5. The van der Waals surface area contributed by atoms with Crippen LogP contribution in [0.5, 0.6) is 0 Å². The first-order chi connectivity index (χ1) is 13.0. The van der Waals surface area contributed by atoms with Gasteiger partial charge in [-0.1, -0.05) is 30.9 Å². The topological polar surface area (TPSA) is 65.5 Å². The van der Waals surface area contributed by atoms with Crippen LogP contribution in [0.4, 0.5) is 10.2 Å². The Hall–Kier alpha value is -1.66. The van der Waals surface area contributed by atoms with Crippen LogP contribution in [0.2, 0.25) is 5.02 Å². The normalized spacial score (nSPS) is 22.6. The minimum absolute atomic E-state index is 0.282. The molecule has 3 rings (SSSR count). The highest BCUT2D eigenvalue weighted by Gasteiger charge is 2.24. The smallest absolute Gasteiger partial charge is 0.364 e. The molecule has 1 saturated heterocycles. The Morgan fingerprint density at radius 2 is 2.11 bits per heavy atom. The number of likely N-dealkylation sites (tertiary alicyclic amines) is 1. The van der Waals surface area contributed by atoms with Gasteiger partial charge in [0.15, 0.2) is 0 Å². The van der Waals surface area contributed by atoms with Crippen LogP contribution < -0.4 is 5.32 Å².